The van der Waals surface area contributed by atoms with E-state index in [-0.39, 0.29) is 23.1 Å². The number of aliphatic hydroxyl groups is 1. The zero-order valence-electron chi connectivity index (χ0n) is 9.17. The summed E-state index contributed by atoms with van der Waals surface area (Å²) in [6.07, 6.45) is 2.59. The summed E-state index contributed by atoms with van der Waals surface area (Å²) in [4.78, 5) is 13.3. The minimum atomic E-state index is -3.61. The molecule has 1 fully saturated rings. The molecule has 2 heterocycles. The monoisotopic (exact) mass is 258 g/mol. The summed E-state index contributed by atoms with van der Waals surface area (Å²) >= 11 is 0. The fraction of sp³-hybridized carbons (Fsp3) is 0.500. The summed E-state index contributed by atoms with van der Waals surface area (Å²) < 4.78 is 25.7. The molecule has 0 saturated carbocycles. The number of H-pyrrole nitrogens is 1. The van der Waals surface area contributed by atoms with Gasteiger partial charge in [0.1, 0.15) is 0 Å². The Morgan fingerprint density at radius 1 is 1.47 bits per heavy atom. The van der Waals surface area contributed by atoms with Crippen LogP contribution in [0.2, 0.25) is 0 Å². The molecule has 0 aliphatic carbocycles. The summed E-state index contributed by atoms with van der Waals surface area (Å²) in [5, 5.41) is 9.13. The smallest absolute Gasteiger partial charge is 0.247 e. The maximum atomic E-state index is 12.2. The van der Waals surface area contributed by atoms with Crippen LogP contribution in [0.15, 0.2) is 28.0 Å². The normalized spacial score (nSPS) is 21.8. The first-order chi connectivity index (χ1) is 8.05. The minimum Gasteiger partial charge on any atom is -0.395 e. The molecule has 17 heavy (non-hydrogen) atoms. The van der Waals surface area contributed by atoms with E-state index in [0.717, 1.165) is 6.42 Å². The van der Waals surface area contributed by atoms with Crippen LogP contribution in [0.5, 0.6) is 0 Å². The molecule has 0 radical (unpaired) electrons. The highest BCUT2D eigenvalue weighted by Gasteiger charge is 2.34. The van der Waals surface area contributed by atoms with Crippen LogP contribution in [-0.2, 0) is 10.0 Å². The third-order valence-electron chi connectivity index (χ3n) is 2.90. The number of nitrogens with one attached hydrogen (secondary N) is 1. The van der Waals surface area contributed by atoms with Crippen molar-refractivity contribution in [1.82, 2.24) is 9.29 Å². The van der Waals surface area contributed by atoms with Gasteiger partial charge in [0.25, 0.3) is 0 Å². The lowest BCUT2D eigenvalue weighted by Gasteiger charge is -2.22. The Kier molecular flexibility index (Phi) is 3.32. The molecule has 0 unspecified atom stereocenters. The molecule has 7 heteroatoms. The van der Waals surface area contributed by atoms with Crippen molar-refractivity contribution in [3.63, 3.8) is 0 Å². The number of aromatic nitrogens is 1. The predicted octanol–water partition coefficient (Wildman–Crippen LogP) is -0.480. The molecular formula is C10H14N2O4S. The number of sulfonamides is 1. The quantitative estimate of drug-likeness (QED) is 0.766. The second kappa shape index (κ2) is 4.59. The molecule has 1 aromatic heterocycles. The average Bonchev–Trinajstić information content (AvgIpc) is 2.78. The lowest BCUT2D eigenvalue weighted by Crippen LogP contribution is -2.37. The van der Waals surface area contributed by atoms with Gasteiger partial charge in [0.2, 0.25) is 15.6 Å². The van der Waals surface area contributed by atoms with Gasteiger partial charge in [-0.3, -0.25) is 4.79 Å². The Morgan fingerprint density at radius 2 is 2.24 bits per heavy atom. The van der Waals surface area contributed by atoms with E-state index in [1.54, 1.807) is 0 Å². The topological polar surface area (TPSA) is 90.5 Å². The van der Waals surface area contributed by atoms with Gasteiger partial charge < -0.3 is 10.1 Å². The van der Waals surface area contributed by atoms with Crippen molar-refractivity contribution >= 4 is 10.0 Å². The van der Waals surface area contributed by atoms with Crippen LogP contribution in [0.3, 0.4) is 0 Å². The van der Waals surface area contributed by atoms with Gasteiger partial charge >= 0.3 is 0 Å². The van der Waals surface area contributed by atoms with E-state index in [9.17, 15) is 13.2 Å². The molecular weight excluding hydrogens is 244 g/mol. The van der Waals surface area contributed by atoms with Crippen LogP contribution in [0.4, 0.5) is 0 Å². The maximum absolute atomic E-state index is 12.2. The number of pyridine rings is 1. The summed E-state index contributed by atoms with van der Waals surface area (Å²) in [6, 6.07) is 2.10. The van der Waals surface area contributed by atoms with Gasteiger partial charge in [-0.05, 0) is 18.9 Å². The van der Waals surface area contributed by atoms with E-state index in [2.05, 4.69) is 4.98 Å². The number of aliphatic hydroxyl groups excluding tert-OH is 1. The predicted molar refractivity (Wildman–Crippen MR) is 61.1 cm³/mol. The number of nitrogens with zero attached hydrogens (tertiary/aromatic N) is 1. The fourth-order valence-corrected chi connectivity index (χ4v) is 3.65. The zero-order chi connectivity index (χ0) is 12.5. The van der Waals surface area contributed by atoms with Crippen molar-refractivity contribution in [1.29, 1.82) is 0 Å². The Hall–Kier alpha value is -1.18. The van der Waals surface area contributed by atoms with Gasteiger partial charge in [-0.2, -0.15) is 4.31 Å². The molecule has 2 rings (SSSR count). The molecule has 6 nitrogen and oxygen atoms in total. The van der Waals surface area contributed by atoms with Crippen molar-refractivity contribution in [2.45, 2.75) is 23.8 Å². The largest absolute Gasteiger partial charge is 0.395 e. The van der Waals surface area contributed by atoms with Gasteiger partial charge in [0.05, 0.1) is 11.5 Å². The lowest BCUT2D eigenvalue weighted by atomic mass is 10.2. The van der Waals surface area contributed by atoms with Crippen LogP contribution in [0.25, 0.3) is 0 Å². The maximum Gasteiger partial charge on any atom is 0.247 e. The van der Waals surface area contributed by atoms with Crippen molar-refractivity contribution in [2.75, 3.05) is 13.2 Å². The molecule has 0 aromatic carbocycles. The molecule has 1 aromatic rings. The van der Waals surface area contributed by atoms with Crippen molar-refractivity contribution < 1.29 is 13.5 Å². The Bertz CT molecular complexity index is 531. The standard InChI is InChI=1S/C10H14N2O4S/c13-7-8-2-1-5-12(8)17(15,16)9-3-4-10(14)11-6-9/h3-4,6,8,13H,1-2,5,7H2,(H,11,14)/t8-/m0/s1. The lowest BCUT2D eigenvalue weighted by molar-refractivity contribution is 0.213. The van der Waals surface area contributed by atoms with Crippen LogP contribution in [0, 0.1) is 0 Å². The highest BCUT2D eigenvalue weighted by Crippen LogP contribution is 2.24. The van der Waals surface area contributed by atoms with Crippen LogP contribution >= 0.6 is 0 Å². The van der Waals surface area contributed by atoms with Gasteiger partial charge in [-0.15, -0.1) is 0 Å². The molecule has 0 amide bonds. The van der Waals surface area contributed by atoms with E-state index in [4.69, 9.17) is 5.11 Å². The third kappa shape index (κ3) is 2.26. The molecule has 0 spiro atoms. The molecule has 1 saturated heterocycles. The van der Waals surface area contributed by atoms with Gasteiger partial charge in [-0.1, -0.05) is 0 Å². The first-order valence-electron chi connectivity index (χ1n) is 5.37. The van der Waals surface area contributed by atoms with E-state index < -0.39 is 10.0 Å². The molecule has 94 valence electrons. The van der Waals surface area contributed by atoms with E-state index in [1.807, 2.05) is 0 Å². The fourth-order valence-electron chi connectivity index (χ4n) is 2.00. The number of rotatable bonds is 3. The first-order valence-corrected chi connectivity index (χ1v) is 6.81. The van der Waals surface area contributed by atoms with Crippen molar-refractivity contribution in [2.24, 2.45) is 0 Å². The molecule has 2 N–H and O–H groups in total. The average molecular weight is 258 g/mol. The first kappa shape index (κ1) is 12.3. The second-order valence-corrected chi connectivity index (χ2v) is 5.87. The summed E-state index contributed by atoms with van der Waals surface area (Å²) in [5.74, 6) is 0. The molecule has 1 atom stereocenters. The zero-order valence-corrected chi connectivity index (χ0v) is 9.98. The van der Waals surface area contributed by atoms with E-state index in [0.29, 0.717) is 13.0 Å². The number of hydrogen-bond acceptors (Lipinski definition) is 4. The summed E-state index contributed by atoms with van der Waals surface area (Å²) in [7, 11) is -3.61. The van der Waals surface area contributed by atoms with Crippen molar-refractivity contribution in [3.8, 4) is 0 Å². The summed E-state index contributed by atoms with van der Waals surface area (Å²) in [5.41, 5.74) is -0.343. The number of hydrogen-bond donors (Lipinski definition) is 2. The molecule has 1 aliphatic rings. The van der Waals surface area contributed by atoms with Gasteiger partial charge in [-0.25, -0.2) is 8.42 Å². The Morgan fingerprint density at radius 3 is 2.82 bits per heavy atom. The van der Waals surface area contributed by atoms with Crippen LogP contribution < -0.4 is 5.56 Å². The van der Waals surface area contributed by atoms with Gasteiger partial charge in [0, 0.05) is 24.8 Å². The highest BCUT2D eigenvalue weighted by molar-refractivity contribution is 7.89. The molecule has 0 bridgehead atoms. The minimum absolute atomic E-state index is 0.0532. The third-order valence-corrected chi connectivity index (χ3v) is 4.84. The highest BCUT2D eigenvalue weighted by atomic mass is 32.2. The molecule has 1 aliphatic heterocycles. The summed E-state index contributed by atoms with van der Waals surface area (Å²) in [6.45, 7) is 0.231. The van der Waals surface area contributed by atoms with Crippen LogP contribution in [-0.4, -0.2) is 42.0 Å². The van der Waals surface area contributed by atoms with Crippen molar-refractivity contribution in [3.05, 3.63) is 28.7 Å². The van der Waals surface area contributed by atoms with E-state index in [1.165, 1.54) is 22.6 Å². The number of aromatic amines is 1. The van der Waals surface area contributed by atoms with Gasteiger partial charge in [0.15, 0.2) is 0 Å². The Labute approximate surface area is 98.9 Å². The van der Waals surface area contributed by atoms with Crippen LogP contribution in [0.1, 0.15) is 12.8 Å². The SMILES string of the molecule is O=c1ccc(S(=O)(=O)N2CCC[C@H]2CO)c[nH]1. The Balaban J connectivity index is 2.36. The second-order valence-electron chi connectivity index (χ2n) is 3.98. The van der Waals surface area contributed by atoms with E-state index >= 15 is 0 Å².